The predicted molar refractivity (Wildman–Crippen MR) is 85.0 cm³/mol. The Hall–Kier alpha value is -0.120. The molecule has 1 saturated heterocycles. The SMILES string of the molecule is CC(C)(C)C[C@@H](CCO)CCCCCN1CCOCC1. The minimum atomic E-state index is 0.342. The van der Waals surface area contributed by atoms with Crippen LogP contribution in [0.15, 0.2) is 0 Å². The summed E-state index contributed by atoms with van der Waals surface area (Å²) >= 11 is 0. The molecule has 120 valence electrons. The van der Waals surface area contributed by atoms with Crippen LogP contribution in [-0.4, -0.2) is 49.5 Å². The van der Waals surface area contributed by atoms with Gasteiger partial charge in [0.05, 0.1) is 13.2 Å². The number of morpholine rings is 1. The highest BCUT2D eigenvalue weighted by Gasteiger charge is 2.18. The second kappa shape index (κ2) is 9.75. The molecule has 1 atom stereocenters. The summed E-state index contributed by atoms with van der Waals surface area (Å²) < 4.78 is 5.37. The number of hydrogen-bond donors (Lipinski definition) is 1. The van der Waals surface area contributed by atoms with Crippen molar-refractivity contribution >= 4 is 0 Å². The minimum Gasteiger partial charge on any atom is -0.396 e. The first-order valence-electron chi connectivity index (χ1n) is 8.42. The van der Waals surface area contributed by atoms with E-state index in [2.05, 4.69) is 25.7 Å². The first-order valence-corrected chi connectivity index (χ1v) is 8.42. The fourth-order valence-electron chi connectivity index (χ4n) is 3.17. The highest BCUT2D eigenvalue weighted by Crippen LogP contribution is 2.29. The number of unbranched alkanes of at least 4 members (excludes halogenated alkanes) is 2. The fraction of sp³-hybridized carbons (Fsp3) is 1.00. The Morgan fingerprint density at radius 1 is 1.05 bits per heavy atom. The van der Waals surface area contributed by atoms with E-state index in [0.717, 1.165) is 32.7 Å². The topological polar surface area (TPSA) is 32.7 Å². The van der Waals surface area contributed by atoms with Crippen LogP contribution in [0.3, 0.4) is 0 Å². The van der Waals surface area contributed by atoms with Crippen LogP contribution in [0.4, 0.5) is 0 Å². The zero-order valence-electron chi connectivity index (χ0n) is 13.9. The molecule has 0 saturated carbocycles. The van der Waals surface area contributed by atoms with Crippen molar-refractivity contribution in [2.45, 2.75) is 59.3 Å². The van der Waals surface area contributed by atoms with Gasteiger partial charge in [0, 0.05) is 19.7 Å². The molecule has 3 nitrogen and oxygen atoms in total. The van der Waals surface area contributed by atoms with E-state index in [-0.39, 0.29) is 0 Å². The largest absolute Gasteiger partial charge is 0.396 e. The van der Waals surface area contributed by atoms with E-state index < -0.39 is 0 Å². The summed E-state index contributed by atoms with van der Waals surface area (Å²) in [7, 11) is 0. The molecule has 0 aliphatic carbocycles. The maximum Gasteiger partial charge on any atom is 0.0594 e. The Morgan fingerprint density at radius 2 is 1.75 bits per heavy atom. The summed E-state index contributed by atoms with van der Waals surface area (Å²) in [5.41, 5.74) is 0.383. The average Bonchev–Trinajstić information content (AvgIpc) is 2.38. The second-order valence-electron chi connectivity index (χ2n) is 7.45. The Balaban J connectivity index is 2.07. The quantitative estimate of drug-likeness (QED) is 0.660. The molecule has 0 spiro atoms. The maximum absolute atomic E-state index is 9.19. The van der Waals surface area contributed by atoms with E-state index in [0.29, 0.717) is 17.9 Å². The normalized spacial score (nSPS) is 19.2. The Morgan fingerprint density at radius 3 is 2.35 bits per heavy atom. The molecular weight excluding hydrogens is 250 g/mol. The summed E-state index contributed by atoms with van der Waals surface area (Å²) in [5.74, 6) is 0.698. The Bertz CT molecular complexity index is 232. The summed E-state index contributed by atoms with van der Waals surface area (Å²) in [4.78, 5) is 2.52. The molecule has 1 aliphatic heterocycles. The van der Waals surface area contributed by atoms with Crippen molar-refractivity contribution in [3.05, 3.63) is 0 Å². The minimum absolute atomic E-state index is 0.342. The van der Waals surface area contributed by atoms with Gasteiger partial charge in [0.15, 0.2) is 0 Å². The number of rotatable bonds is 9. The molecule has 0 aromatic carbocycles. The molecule has 0 aromatic heterocycles. The lowest BCUT2D eigenvalue weighted by Gasteiger charge is -2.27. The van der Waals surface area contributed by atoms with E-state index in [4.69, 9.17) is 4.74 Å². The van der Waals surface area contributed by atoms with Gasteiger partial charge in [-0.15, -0.1) is 0 Å². The standard InChI is InChI=1S/C17H35NO2/c1-17(2,3)15-16(8-12-19)7-5-4-6-9-18-10-13-20-14-11-18/h16,19H,4-15H2,1-3H3/t16-/m1/s1. The lowest BCUT2D eigenvalue weighted by atomic mass is 9.81. The van der Waals surface area contributed by atoms with Gasteiger partial charge >= 0.3 is 0 Å². The third-order valence-electron chi connectivity index (χ3n) is 4.13. The van der Waals surface area contributed by atoms with Crippen molar-refractivity contribution in [3.8, 4) is 0 Å². The molecule has 0 bridgehead atoms. The molecule has 1 heterocycles. The van der Waals surface area contributed by atoms with Gasteiger partial charge in [0.1, 0.15) is 0 Å². The first-order chi connectivity index (χ1) is 9.51. The lowest BCUT2D eigenvalue weighted by molar-refractivity contribution is 0.0370. The highest BCUT2D eigenvalue weighted by atomic mass is 16.5. The van der Waals surface area contributed by atoms with E-state index >= 15 is 0 Å². The van der Waals surface area contributed by atoms with Gasteiger partial charge in [0.2, 0.25) is 0 Å². The number of ether oxygens (including phenoxy) is 1. The van der Waals surface area contributed by atoms with Crippen LogP contribution in [0.2, 0.25) is 0 Å². The van der Waals surface area contributed by atoms with Gasteiger partial charge in [-0.2, -0.15) is 0 Å². The van der Waals surface area contributed by atoms with Crippen LogP contribution in [0.25, 0.3) is 0 Å². The molecule has 1 aliphatic rings. The van der Waals surface area contributed by atoms with Crippen molar-refractivity contribution in [2.24, 2.45) is 11.3 Å². The molecule has 1 rings (SSSR count). The van der Waals surface area contributed by atoms with E-state index in [1.54, 1.807) is 0 Å². The van der Waals surface area contributed by atoms with Crippen LogP contribution >= 0.6 is 0 Å². The molecule has 3 heteroatoms. The van der Waals surface area contributed by atoms with Crippen molar-refractivity contribution in [1.29, 1.82) is 0 Å². The lowest BCUT2D eigenvalue weighted by Crippen LogP contribution is -2.36. The van der Waals surface area contributed by atoms with Crippen LogP contribution in [-0.2, 0) is 4.74 Å². The zero-order valence-corrected chi connectivity index (χ0v) is 13.9. The summed E-state index contributed by atoms with van der Waals surface area (Å²) in [6, 6.07) is 0. The summed E-state index contributed by atoms with van der Waals surface area (Å²) in [6.07, 6.45) is 7.43. The van der Waals surface area contributed by atoms with Gasteiger partial charge in [-0.1, -0.05) is 40.0 Å². The van der Waals surface area contributed by atoms with E-state index in [1.165, 1.54) is 38.6 Å². The number of aliphatic hydroxyl groups excluding tert-OH is 1. The number of hydrogen-bond acceptors (Lipinski definition) is 3. The molecular formula is C17H35NO2. The van der Waals surface area contributed by atoms with Crippen LogP contribution < -0.4 is 0 Å². The zero-order chi connectivity index (χ0) is 14.8. The van der Waals surface area contributed by atoms with Gasteiger partial charge in [0.25, 0.3) is 0 Å². The molecule has 1 fully saturated rings. The Kier molecular flexibility index (Phi) is 8.74. The van der Waals surface area contributed by atoms with Crippen LogP contribution in [0.1, 0.15) is 59.3 Å². The van der Waals surface area contributed by atoms with Gasteiger partial charge in [-0.25, -0.2) is 0 Å². The summed E-state index contributed by atoms with van der Waals surface area (Å²) in [6.45, 7) is 12.5. The molecule has 0 aromatic rings. The highest BCUT2D eigenvalue weighted by molar-refractivity contribution is 4.70. The average molecular weight is 285 g/mol. The van der Waals surface area contributed by atoms with Crippen LogP contribution in [0.5, 0.6) is 0 Å². The third-order valence-corrected chi connectivity index (χ3v) is 4.13. The Labute approximate surface area is 125 Å². The number of nitrogens with zero attached hydrogens (tertiary/aromatic N) is 1. The first kappa shape index (κ1) is 17.9. The smallest absolute Gasteiger partial charge is 0.0594 e. The molecule has 20 heavy (non-hydrogen) atoms. The molecule has 0 amide bonds. The maximum atomic E-state index is 9.19. The monoisotopic (exact) mass is 285 g/mol. The van der Waals surface area contributed by atoms with Crippen molar-refractivity contribution in [3.63, 3.8) is 0 Å². The fourth-order valence-corrected chi connectivity index (χ4v) is 3.17. The molecule has 1 N–H and O–H groups in total. The molecule has 0 unspecified atom stereocenters. The third kappa shape index (κ3) is 8.93. The molecule has 0 radical (unpaired) electrons. The second-order valence-corrected chi connectivity index (χ2v) is 7.45. The van der Waals surface area contributed by atoms with Crippen molar-refractivity contribution in [2.75, 3.05) is 39.5 Å². The predicted octanol–water partition coefficient (Wildman–Crippen LogP) is 3.31. The van der Waals surface area contributed by atoms with Crippen molar-refractivity contribution < 1.29 is 9.84 Å². The summed E-state index contributed by atoms with van der Waals surface area (Å²) in [5, 5.41) is 9.19. The van der Waals surface area contributed by atoms with E-state index in [9.17, 15) is 5.11 Å². The van der Waals surface area contributed by atoms with E-state index in [1.807, 2.05) is 0 Å². The van der Waals surface area contributed by atoms with Crippen molar-refractivity contribution in [1.82, 2.24) is 4.90 Å². The van der Waals surface area contributed by atoms with Gasteiger partial charge in [-0.05, 0) is 37.1 Å². The van der Waals surface area contributed by atoms with Crippen LogP contribution in [0, 0.1) is 11.3 Å². The van der Waals surface area contributed by atoms with Gasteiger partial charge < -0.3 is 9.84 Å². The van der Waals surface area contributed by atoms with Gasteiger partial charge in [-0.3, -0.25) is 4.90 Å². The number of aliphatic hydroxyl groups is 1.